The molecule has 0 aliphatic carbocycles. The van der Waals surface area contributed by atoms with E-state index in [2.05, 4.69) is 10.3 Å². The lowest BCUT2D eigenvalue weighted by molar-refractivity contribution is 0.597. The van der Waals surface area contributed by atoms with Gasteiger partial charge < -0.3 is 5.32 Å². The number of sulfonamides is 1. The van der Waals surface area contributed by atoms with Crippen molar-refractivity contribution < 1.29 is 8.42 Å². The molecule has 1 aromatic carbocycles. The standard InChI is InChI=1S/C14H16ClN3O2S/c1-9(17-13-6-7-14(15)18-10(13)2)11-4-3-5-12(8-11)21(16,19)20/h3-9,17H,1-2H3,(H2,16,19,20). The van der Waals surface area contributed by atoms with Gasteiger partial charge in [-0.15, -0.1) is 0 Å². The number of benzene rings is 1. The number of aromatic nitrogens is 1. The van der Waals surface area contributed by atoms with Crippen molar-refractivity contribution in [3.05, 3.63) is 52.8 Å². The molecule has 1 atom stereocenters. The van der Waals surface area contributed by atoms with Gasteiger partial charge in [-0.1, -0.05) is 23.7 Å². The van der Waals surface area contributed by atoms with Crippen LogP contribution in [0.3, 0.4) is 0 Å². The second-order valence-corrected chi connectivity index (χ2v) is 6.70. The summed E-state index contributed by atoms with van der Waals surface area (Å²) in [6, 6.07) is 9.97. The molecular weight excluding hydrogens is 310 g/mol. The van der Waals surface area contributed by atoms with Crippen molar-refractivity contribution in [1.82, 2.24) is 4.98 Å². The highest BCUT2D eigenvalue weighted by Crippen LogP contribution is 2.23. The van der Waals surface area contributed by atoms with E-state index in [-0.39, 0.29) is 10.9 Å². The molecule has 0 fully saturated rings. The Morgan fingerprint density at radius 3 is 2.62 bits per heavy atom. The van der Waals surface area contributed by atoms with Crippen LogP contribution in [0.15, 0.2) is 41.3 Å². The fourth-order valence-electron chi connectivity index (χ4n) is 1.96. The Bertz CT molecular complexity index is 763. The number of aryl methyl sites for hydroxylation is 1. The molecular formula is C14H16ClN3O2S. The Kier molecular flexibility index (Phi) is 4.51. The number of pyridine rings is 1. The third-order valence-corrected chi connectivity index (χ3v) is 4.23. The third-order valence-electron chi connectivity index (χ3n) is 3.11. The third kappa shape index (κ3) is 3.93. The molecule has 2 rings (SSSR count). The molecule has 0 saturated carbocycles. The largest absolute Gasteiger partial charge is 0.377 e. The van der Waals surface area contributed by atoms with Crippen LogP contribution in [-0.4, -0.2) is 13.4 Å². The summed E-state index contributed by atoms with van der Waals surface area (Å²) in [5.74, 6) is 0. The van der Waals surface area contributed by atoms with Gasteiger partial charge in [0.1, 0.15) is 5.15 Å². The van der Waals surface area contributed by atoms with Gasteiger partial charge in [0.25, 0.3) is 0 Å². The SMILES string of the molecule is Cc1nc(Cl)ccc1NC(C)c1cccc(S(N)(=O)=O)c1. The lowest BCUT2D eigenvalue weighted by Gasteiger charge is -2.17. The van der Waals surface area contributed by atoms with E-state index in [0.717, 1.165) is 16.9 Å². The first-order chi connectivity index (χ1) is 9.77. The zero-order valence-corrected chi connectivity index (χ0v) is 13.2. The topological polar surface area (TPSA) is 85.1 Å². The van der Waals surface area contributed by atoms with Crippen LogP contribution in [0.4, 0.5) is 5.69 Å². The van der Waals surface area contributed by atoms with E-state index in [1.165, 1.54) is 6.07 Å². The van der Waals surface area contributed by atoms with Crippen LogP contribution in [0.5, 0.6) is 0 Å². The predicted octanol–water partition coefficient (Wildman–Crippen LogP) is 2.86. The van der Waals surface area contributed by atoms with Gasteiger partial charge in [-0.25, -0.2) is 18.5 Å². The van der Waals surface area contributed by atoms with Crippen molar-refractivity contribution in [2.45, 2.75) is 24.8 Å². The molecule has 7 heteroatoms. The summed E-state index contributed by atoms with van der Waals surface area (Å²) in [5.41, 5.74) is 2.43. The molecule has 1 aromatic heterocycles. The Labute approximate surface area is 129 Å². The van der Waals surface area contributed by atoms with Crippen LogP contribution in [0.25, 0.3) is 0 Å². The van der Waals surface area contributed by atoms with Crippen molar-refractivity contribution in [2.75, 3.05) is 5.32 Å². The highest BCUT2D eigenvalue weighted by molar-refractivity contribution is 7.89. The number of nitrogens with two attached hydrogens (primary N) is 1. The lowest BCUT2D eigenvalue weighted by Crippen LogP contribution is -2.14. The first-order valence-corrected chi connectivity index (χ1v) is 8.22. The molecule has 112 valence electrons. The summed E-state index contributed by atoms with van der Waals surface area (Å²) in [5, 5.41) is 8.85. The average molecular weight is 326 g/mol. The highest BCUT2D eigenvalue weighted by atomic mass is 35.5. The van der Waals surface area contributed by atoms with E-state index >= 15 is 0 Å². The Morgan fingerprint density at radius 2 is 2.00 bits per heavy atom. The zero-order valence-electron chi connectivity index (χ0n) is 11.7. The Hall–Kier alpha value is -1.63. The fourth-order valence-corrected chi connectivity index (χ4v) is 2.72. The number of rotatable bonds is 4. The molecule has 0 amide bonds. The van der Waals surface area contributed by atoms with Crippen LogP contribution < -0.4 is 10.5 Å². The van der Waals surface area contributed by atoms with Gasteiger partial charge in [0, 0.05) is 6.04 Å². The van der Waals surface area contributed by atoms with Crippen LogP contribution in [0.1, 0.15) is 24.2 Å². The number of hydrogen-bond donors (Lipinski definition) is 2. The summed E-state index contributed by atoms with van der Waals surface area (Å²) in [6.07, 6.45) is 0. The molecule has 1 unspecified atom stereocenters. The summed E-state index contributed by atoms with van der Waals surface area (Å²) in [4.78, 5) is 4.26. The molecule has 3 N–H and O–H groups in total. The van der Waals surface area contributed by atoms with E-state index in [1.807, 2.05) is 26.0 Å². The number of halogens is 1. The maximum atomic E-state index is 11.4. The molecule has 0 bridgehead atoms. The van der Waals surface area contributed by atoms with Gasteiger partial charge in [0.05, 0.1) is 16.3 Å². The number of nitrogens with zero attached hydrogens (tertiary/aromatic N) is 1. The average Bonchev–Trinajstić information content (AvgIpc) is 2.41. The van der Waals surface area contributed by atoms with E-state index in [4.69, 9.17) is 16.7 Å². The van der Waals surface area contributed by atoms with E-state index in [0.29, 0.717) is 5.15 Å². The second kappa shape index (κ2) is 6.01. The molecule has 21 heavy (non-hydrogen) atoms. The Balaban J connectivity index is 2.26. The van der Waals surface area contributed by atoms with E-state index in [1.54, 1.807) is 18.2 Å². The summed E-state index contributed by atoms with van der Waals surface area (Å²) in [6.45, 7) is 3.78. The maximum Gasteiger partial charge on any atom is 0.238 e. The van der Waals surface area contributed by atoms with Gasteiger partial charge in [-0.2, -0.15) is 0 Å². The molecule has 5 nitrogen and oxygen atoms in total. The smallest absolute Gasteiger partial charge is 0.238 e. The lowest BCUT2D eigenvalue weighted by atomic mass is 10.1. The van der Waals surface area contributed by atoms with Crippen molar-refractivity contribution in [1.29, 1.82) is 0 Å². The first kappa shape index (κ1) is 15.8. The molecule has 0 aliphatic rings. The fraction of sp³-hybridized carbons (Fsp3) is 0.214. The number of nitrogens with one attached hydrogen (secondary N) is 1. The summed E-state index contributed by atoms with van der Waals surface area (Å²) < 4.78 is 22.8. The van der Waals surface area contributed by atoms with Gasteiger partial charge in [-0.05, 0) is 43.7 Å². The van der Waals surface area contributed by atoms with Crippen LogP contribution in [0, 0.1) is 6.92 Å². The van der Waals surface area contributed by atoms with Crippen molar-refractivity contribution in [3.8, 4) is 0 Å². The minimum atomic E-state index is -3.70. The van der Waals surface area contributed by atoms with Crippen LogP contribution in [-0.2, 0) is 10.0 Å². The molecule has 0 aliphatic heterocycles. The molecule has 0 saturated heterocycles. The van der Waals surface area contributed by atoms with E-state index in [9.17, 15) is 8.42 Å². The quantitative estimate of drug-likeness (QED) is 0.846. The zero-order chi connectivity index (χ0) is 15.6. The summed E-state index contributed by atoms with van der Waals surface area (Å²) in [7, 11) is -3.70. The monoisotopic (exact) mass is 325 g/mol. The van der Waals surface area contributed by atoms with Gasteiger partial charge >= 0.3 is 0 Å². The highest BCUT2D eigenvalue weighted by Gasteiger charge is 2.12. The van der Waals surface area contributed by atoms with Crippen molar-refractivity contribution in [3.63, 3.8) is 0 Å². The number of primary sulfonamides is 1. The minimum absolute atomic E-state index is 0.0969. The van der Waals surface area contributed by atoms with Crippen molar-refractivity contribution >= 4 is 27.3 Å². The van der Waals surface area contributed by atoms with E-state index < -0.39 is 10.0 Å². The number of anilines is 1. The molecule has 0 radical (unpaired) electrons. The Morgan fingerprint density at radius 1 is 1.29 bits per heavy atom. The minimum Gasteiger partial charge on any atom is -0.377 e. The maximum absolute atomic E-state index is 11.4. The van der Waals surface area contributed by atoms with Crippen LogP contribution >= 0.6 is 11.6 Å². The van der Waals surface area contributed by atoms with Gasteiger partial charge in [0.15, 0.2) is 0 Å². The predicted molar refractivity (Wildman–Crippen MR) is 83.8 cm³/mol. The van der Waals surface area contributed by atoms with Crippen LogP contribution in [0.2, 0.25) is 5.15 Å². The van der Waals surface area contributed by atoms with Gasteiger partial charge in [-0.3, -0.25) is 0 Å². The molecule has 2 aromatic rings. The summed E-state index contributed by atoms with van der Waals surface area (Å²) >= 11 is 5.82. The van der Waals surface area contributed by atoms with Crippen molar-refractivity contribution in [2.24, 2.45) is 5.14 Å². The number of hydrogen-bond acceptors (Lipinski definition) is 4. The molecule has 1 heterocycles. The van der Waals surface area contributed by atoms with Gasteiger partial charge in [0.2, 0.25) is 10.0 Å². The normalized spacial score (nSPS) is 13.0. The molecule has 0 spiro atoms. The first-order valence-electron chi connectivity index (χ1n) is 6.30. The second-order valence-electron chi connectivity index (χ2n) is 4.75.